The van der Waals surface area contributed by atoms with Crippen LogP contribution < -0.4 is 5.73 Å². The van der Waals surface area contributed by atoms with Gasteiger partial charge < -0.3 is 15.1 Å². The Bertz CT molecular complexity index is 692. The Labute approximate surface area is 124 Å². The lowest BCUT2D eigenvalue weighted by molar-refractivity contribution is 0.0752. The highest BCUT2D eigenvalue weighted by atomic mass is 16.3. The van der Waals surface area contributed by atoms with E-state index < -0.39 is 0 Å². The van der Waals surface area contributed by atoms with Crippen LogP contribution in [0.5, 0.6) is 0 Å². The van der Waals surface area contributed by atoms with E-state index in [0.717, 1.165) is 16.7 Å². The summed E-state index contributed by atoms with van der Waals surface area (Å²) in [4.78, 5) is 14.0. The fourth-order valence-corrected chi connectivity index (χ4v) is 2.02. The SMILES string of the molecule is Cc1ccoc1C(=O)N(C)Cc1ccccc1C#CCN. The molecule has 1 heterocycles. The molecule has 108 valence electrons. The average Bonchev–Trinajstić information content (AvgIpc) is 2.91. The van der Waals surface area contributed by atoms with Crippen molar-refractivity contribution in [1.82, 2.24) is 4.90 Å². The van der Waals surface area contributed by atoms with Crippen LogP contribution in [0.1, 0.15) is 27.2 Å². The van der Waals surface area contributed by atoms with E-state index in [4.69, 9.17) is 10.2 Å². The van der Waals surface area contributed by atoms with Gasteiger partial charge in [-0.25, -0.2) is 0 Å². The predicted molar refractivity (Wildman–Crippen MR) is 81.6 cm³/mol. The average molecular weight is 282 g/mol. The number of carbonyl (C=O) groups is 1. The third-order valence-electron chi connectivity index (χ3n) is 3.15. The van der Waals surface area contributed by atoms with Gasteiger partial charge >= 0.3 is 0 Å². The van der Waals surface area contributed by atoms with Gasteiger partial charge in [0, 0.05) is 24.7 Å². The summed E-state index contributed by atoms with van der Waals surface area (Å²) in [7, 11) is 1.75. The first-order valence-corrected chi connectivity index (χ1v) is 6.70. The lowest BCUT2D eigenvalue weighted by atomic mass is 10.1. The van der Waals surface area contributed by atoms with Gasteiger partial charge in [0.05, 0.1) is 12.8 Å². The molecule has 4 nitrogen and oxygen atoms in total. The molecule has 0 fully saturated rings. The summed E-state index contributed by atoms with van der Waals surface area (Å²) in [5.74, 6) is 6.10. The van der Waals surface area contributed by atoms with Crippen LogP contribution in [0.3, 0.4) is 0 Å². The molecule has 21 heavy (non-hydrogen) atoms. The highest BCUT2D eigenvalue weighted by Crippen LogP contribution is 2.15. The summed E-state index contributed by atoms with van der Waals surface area (Å²) in [5, 5.41) is 0. The van der Waals surface area contributed by atoms with Crippen molar-refractivity contribution in [2.24, 2.45) is 5.73 Å². The minimum atomic E-state index is -0.140. The maximum atomic E-state index is 12.3. The quantitative estimate of drug-likeness (QED) is 0.878. The molecule has 0 saturated carbocycles. The number of aryl methyl sites for hydroxylation is 1. The van der Waals surface area contributed by atoms with Gasteiger partial charge in [0.15, 0.2) is 5.76 Å². The Morgan fingerprint density at radius 2 is 2.10 bits per heavy atom. The second-order valence-electron chi connectivity index (χ2n) is 4.76. The number of benzene rings is 1. The van der Waals surface area contributed by atoms with Crippen LogP contribution in [0.2, 0.25) is 0 Å². The fraction of sp³-hybridized carbons (Fsp3) is 0.235. The lowest BCUT2D eigenvalue weighted by Crippen LogP contribution is -2.26. The molecule has 0 atom stereocenters. The van der Waals surface area contributed by atoms with Crippen molar-refractivity contribution in [1.29, 1.82) is 0 Å². The minimum absolute atomic E-state index is 0.140. The van der Waals surface area contributed by atoms with E-state index in [-0.39, 0.29) is 5.91 Å². The highest BCUT2D eigenvalue weighted by molar-refractivity contribution is 5.92. The van der Waals surface area contributed by atoms with Gasteiger partial charge in [0.1, 0.15) is 0 Å². The molecule has 0 saturated heterocycles. The van der Waals surface area contributed by atoms with Crippen LogP contribution in [0, 0.1) is 18.8 Å². The summed E-state index contributed by atoms with van der Waals surface area (Å²) in [6.07, 6.45) is 1.52. The summed E-state index contributed by atoms with van der Waals surface area (Å²) in [5.41, 5.74) is 8.11. The smallest absolute Gasteiger partial charge is 0.289 e. The number of nitrogens with zero attached hydrogens (tertiary/aromatic N) is 1. The van der Waals surface area contributed by atoms with Crippen LogP contribution in [0.25, 0.3) is 0 Å². The van der Waals surface area contributed by atoms with E-state index in [0.29, 0.717) is 18.8 Å². The first kappa shape index (κ1) is 14.9. The van der Waals surface area contributed by atoms with Crippen molar-refractivity contribution in [2.45, 2.75) is 13.5 Å². The van der Waals surface area contributed by atoms with E-state index in [2.05, 4.69) is 11.8 Å². The number of hydrogen-bond acceptors (Lipinski definition) is 3. The maximum Gasteiger partial charge on any atom is 0.289 e. The molecule has 2 rings (SSSR count). The summed E-state index contributed by atoms with van der Waals surface area (Å²) in [6, 6.07) is 9.51. The molecule has 4 heteroatoms. The zero-order chi connectivity index (χ0) is 15.2. The third kappa shape index (κ3) is 3.53. The summed E-state index contributed by atoms with van der Waals surface area (Å²) < 4.78 is 5.24. The largest absolute Gasteiger partial charge is 0.459 e. The second kappa shape index (κ2) is 6.78. The number of rotatable bonds is 3. The molecule has 0 spiro atoms. The van der Waals surface area contributed by atoms with Crippen molar-refractivity contribution < 1.29 is 9.21 Å². The maximum absolute atomic E-state index is 12.3. The molecule has 0 unspecified atom stereocenters. The van der Waals surface area contributed by atoms with Crippen LogP contribution >= 0.6 is 0 Å². The van der Waals surface area contributed by atoms with Crippen molar-refractivity contribution in [3.63, 3.8) is 0 Å². The van der Waals surface area contributed by atoms with Crippen molar-refractivity contribution in [3.8, 4) is 11.8 Å². The molecule has 0 aliphatic rings. The van der Waals surface area contributed by atoms with Gasteiger partial charge in [-0.2, -0.15) is 0 Å². The Kier molecular flexibility index (Phi) is 4.81. The number of carbonyl (C=O) groups excluding carboxylic acids is 1. The Morgan fingerprint density at radius 3 is 2.76 bits per heavy atom. The van der Waals surface area contributed by atoms with Crippen LogP contribution in [-0.2, 0) is 6.54 Å². The van der Waals surface area contributed by atoms with Gasteiger partial charge in [-0.05, 0) is 24.6 Å². The highest BCUT2D eigenvalue weighted by Gasteiger charge is 2.18. The van der Waals surface area contributed by atoms with E-state index in [1.165, 1.54) is 6.26 Å². The topological polar surface area (TPSA) is 59.5 Å². The molecule has 0 aliphatic heterocycles. The Hall–Kier alpha value is -2.51. The summed E-state index contributed by atoms with van der Waals surface area (Å²) >= 11 is 0. The second-order valence-corrected chi connectivity index (χ2v) is 4.76. The normalized spacial score (nSPS) is 9.86. The number of nitrogens with two attached hydrogens (primary N) is 1. The van der Waals surface area contributed by atoms with Crippen LogP contribution in [0.15, 0.2) is 41.0 Å². The van der Waals surface area contributed by atoms with E-state index in [9.17, 15) is 4.79 Å². The molecule has 2 aromatic rings. The molecule has 0 aliphatic carbocycles. The first-order chi connectivity index (χ1) is 10.1. The first-order valence-electron chi connectivity index (χ1n) is 6.70. The van der Waals surface area contributed by atoms with Crippen LogP contribution in [-0.4, -0.2) is 24.4 Å². The van der Waals surface area contributed by atoms with E-state index in [1.807, 2.05) is 31.2 Å². The molecule has 1 amide bonds. The molecule has 0 bridgehead atoms. The molecule has 0 radical (unpaired) electrons. The van der Waals surface area contributed by atoms with Crippen molar-refractivity contribution in [3.05, 3.63) is 59.0 Å². The molecular weight excluding hydrogens is 264 g/mol. The van der Waals surface area contributed by atoms with Crippen LogP contribution in [0.4, 0.5) is 0 Å². The number of amides is 1. The number of furan rings is 1. The summed E-state index contributed by atoms with van der Waals surface area (Å²) in [6.45, 7) is 2.63. The van der Waals surface area contributed by atoms with E-state index in [1.54, 1.807) is 18.0 Å². The van der Waals surface area contributed by atoms with E-state index >= 15 is 0 Å². The molecule has 2 N–H and O–H groups in total. The lowest BCUT2D eigenvalue weighted by Gasteiger charge is -2.17. The Morgan fingerprint density at radius 1 is 1.33 bits per heavy atom. The van der Waals surface area contributed by atoms with Crippen molar-refractivity contribution >= 4 is 5.91 Å². The van der Waals surface area contributed by atoms with Gasteiger partial charge in [-0.15, -0.1) is 0 Å². The molecular formula is C17H18N2O2. The standard InChI is InChI=1S/C17H18N2O2/c1-13-9-11-21-16(13)17(20)19(2)12-15-7-4-3-6-14(15)8-5-10-18/h3-4,6-7,9,11H,10,12,18H2,1-2H3. The third-order valence-corrected chi connectivity index (χ3v) is 3.15. The minimum Gasteiger partial charge on any atom is -0.459 e. The fourth-order valence-electron chi connectivity index (χ4n) is 2.02. The monoisotopic (exact) mass is 282 g/mol. The zero-order valence-corrected chi connectivity index (χ0v) is 12.2. The van der Waals surface area contributed by atoms with Gasteiger partial charge in [0.25, 0.3) is 5.91 Å². The molecule has 1 aromatic carbocycles. The van der Waals surface area contributed by atoms with Gasteiger partial charge in [-0.1, -0.05) is 30.0 Å². The van der Waals surface area contributed by atoms with Gasteiger partial charge in [0.2, 0.25) is 0 Å². The number of hydrogen-bond donors (Lipinski definition) is 1. The van der Waals surface area contributed by atoms with Gasteiger partial charge in [-0.3, -0.25) is 4.79 Å². The zero-order valence-electron chi connectivity index (χ0n) is 12.2. The molecule has 1 aromatic heterocycles. The predicted octanol–water partition coefficient (Wildman–Crippen LogP) is 2.17. The van der Waals surface area contributed by atoms with Crippen molar-refractivity contribution in [2.75, 3.05) is 13.6 Å². The Balaban J connectivity index is 2.18.